The van der Waals surface area contributed by atoms with E-state index in [-0.39, 0.29) is 24.4 Å². The SMILES string of the molecule is CCCC1C(=O)NCC(=O)N1Cc1nc2ccccc2s1. The average molecular weight is 303 g/mol. The average Bonchev–Trinajstić information content (AvgIpc) is 2.89. The van der Waals surface area contributed by atoms with Crippen molar-refractivity contribution >= 4 is 33.4 Å². The van der Waals surface area contributed by atoms with Crippen LogP contribution in [0.3, 0.4) is 0 Å². The first-order chi connectivity index (χ1) is 10.2. The Bertz CT molecular complexity index is 649. The molecule has 0 aliphatic carbocycles. The van der Waals surface area contributed by atoms with Crippen molar-refractivity contribution < 1.29 is 9.59 Å². The Labute approximate surface area is 127 Å². The summed E-state index contributed by atoms with van der Waals surface area (Å²) in [6, 6.07) is 7.53. The number of nitrogens with one attached hydrogen (secondary N) is 1. The Balaban J connectivity index is 1.86. The summed E-state index contributed by atoms with van der Waals surface area (Å²) in [5.41, 5.74) is 0.943. The van der Waals surface area contributed by atoms with Gasteiger partial charge >= 0.3 is 0 Å². The Kier molecular flexibility index (Phi) is 3.88. The van der Waals surface area contributed by atoms with E-state index in [0.717, 1.165) is 21.6 Å². The highest BCUT2D eigenvalue weighted by Gasteiger charge is 2.34. The van der Waals surface area contributed by atoms with Crippen LogP contribution < -0.4 is 5.32 Å². The number of para-hydroxylation sites is 1. The summed E-state index contributed by atoms with van der Waals surface area (Å²) in [5, 5.41) is 3.54. The molecule has 110 valence electrons. The van der Waals surface area contributed by atoms with Crippen LogP contribution in [0.1, 0.15) is 24.8 Å². The molecule has 1 fully saturated rings. The second kappa shape index (κ2) is 5.81. The monoisotopic (exact) mass is 303 g/mol. The molecule has 0 spiro atoms. The van der Waals surface area contributed by atoms with Gasteiger partial charge in [-0.05, 0) is 18.6 Å². The predicted octanol–water partition coefficient (Wildman–Crippen LogP) is 1.92. The van der Waals surface area contributed by atoms with E-state index in [1.54, 1.807) is 16.2 Å². The molecule has 1 unspecified atom stereocenters. The smallest absolute Gasteiger partial charge is 0.243 e. The van der Waals surface area contributed by atoms with Crippen molar-refractivity contribution in [2.45, 2.75) is 32.4 Å². The van der Waals surface area contributed by atoms with Gasteiger partial charge in [0.1, 0.15) is 11.0 Å². The third-order valence-corrected chi connectivity index (χ3v) is 4.64. The van der Waals surface area contributed by atoms with Crippen LogP contribution in [-0.2, 0) is 16.1 Å². The van der Waals surface area contributed by atoms with E-state index >= 15 is 0 Å². The number of carbonyl (C=O) groups is 2. The van der Waals surface area contributed by atoms with Gasteiger partial charge in [0.05, 0.1) is 23.3 Å². The molecule has 2 amide bonds. The molecule has 0 radical (unpaired) electrons. The highest BCUT2D eigenvalue weighted by atomic mass is 32.1. The van der Waals surface area contributed by atoms with Gasteiger partial charge < -0.3 is 10.2 Å². The summed E-state index contributed by atoms with van der Waals surface area (Å²) < 4.78 is 1.11. The van der Waals surface area contributed by atoms with Crippen LogP contribution in [-0.4, -0.2) is 34.3 Å². The Morgan fingerprint density at radius 3 is 2.95 bits per heavy atom. The second-order valence-electron chi connectivity index (χ2n) is 5.12. The number of hydrogen-bond acceptors (Lipinski definition) is 4. The van der Waals surface area contributed by atoms with Crippen LogP contribution in [0.4, 0.5) is 0 Å². The molecule has 1 aromatic carbocycles. The number of hydrogen-bond donors (Lipinski definition) is 1. The molecular weight excluding hydrogens is 286 g/mol. The van der Waals surface area contributed by atoms with Gasteiger partial charge in [-0.1, -0.05) is 25.5 Å². The van der Waals surface area contributed by atoms with E-state index < -0.39 is 0 Å². The van der Waals surface area contributed by atoms with Gasteiger partial charge in [0.2, 0.25) is 11.8 Å². The zero-order chi connectivity index (χ0) is 14.8. The maximum Gasteiger partial charge on any atom is 0.243 e. The van der Waals surface area contributed by atoms with Crippen LogP contribution in [0.5, 0.6) is 0 Å². The lowest BCUT2D eigenvalue weighted by Crippen LogP contribution is -2.57. The summed E-state index contributed by atoms with van der Waals surface area (Å²) in [4.78, 5) is 30.3. The van der Waals surface area contributed by atoms with Crippen LogP contribution in [0.25, 0.3) is 10.2 Å². The van der Waals surface area contributed by atoms with Crippen molar-refractivity contribution in [1.29, 1.82) is 0 Å². The molecule has 5 nitrogen and oxygen atoms in total. The molecule has 1 aromatic heterocycles. The van der Waals surface area contributed by atoms with Crippen LogP contribution in [0, 0.1) is 0 Å². The number of fused-ring (bicyclic) bond motifs is 1. The fourth-order valence-corrected chi connectivity index (χ4v) is 3.56. The molecule has 6 heteroatoms. The van der Waals surface area contributed by atoms with Gasteiger partial charge in [-0.25, -0.2) is 4.98 Å². The van der Waals surface area contributed by atoms with E-state index in [1.807, 2.05) is 31.2 Å². The molecule has 2 heterocycles. The van der Waals surface area contributed by atoms with E-state index in [9.17, 15) is 9.59 Å². The molecule has 1 aliphatic rings. The minimum atomic E-state index is -0.372. The lowest BCUT2D eigenvalue weighted by Gasteiger charge is -2.34. The van der Waals surface area contributed by atoms with E-state index in [0.29, 0.717) is 13.0 Å². The van der Waals surface area contributed by atoms with E-state index in [2.05, 4.69) is 10.3 Å². The molecule has 1 atom stereocenters. The van der Waals surface area contributed by atoms with Crippen molar-refractivity contribution in [2.24, 2.45) is 0 Å². The molecule has 1 N–H and O–H groups in total. The normalized spacial score (nSPS) is 19.1. The molecule has 21 heavy (non-hydrogen) atoms. The third kappa shape index (κ3) is 2.76. The number of amides is 2. The lowest BCUT2D eigenvalue weighted by atomic mass is 10.1. The Hall–Kier alpha value is -1.95. The second-order valence-corrected chi connectivity index (χ2v) is 6.23. The highest BCUT2D eigenvalue weighted by Crippen LogP contribution is 2.24. The summed E-state index contributed by atoms with van der Waals surface area (Å²) in [7, 11) is 0. The summed E-state index contributed by atoms with van der Waals surface area (Å²) in [5.74, 6) is -0.0927. The maximum absolute atomic E-state index is 12.1. The predicted molar refractivity (Wildman–Crippen MR) is 81.9 cm³/mol. The number of rotatable bonds is 4. The van der Waals surface area contributed by atoms with Crippen molar-refractivity contribution in [3.8, 4) is 0 Å². The molecule has 3 rings (SSSR count). The molecule has 1 aliphatic heterocycles. The van der Waals surface area contributed by atoms with Gasteiger partial charge in [0.25, 0.3) is 0 Å². The van der Waals surface area contributed by atoms with Crippen LogP contribution in [0.2, 0.25) is 0 Å². The first-order valence-electron chi connectivity index (χ1n) is 7.10. The molecular formula is C15H17N3O2S. The quantitative estimate of drug-likeness (QED) is 0.938. The summed E-state index contributed by atoms with van der Waals surface area (Å²) >= 11 is 1.58. The zero-order valence-corrected chi connectivity index (χ0v) is 12.7. The van der Waals surface area contributed by atoms with Crippen LogP contribution >= 0.6 is 11.3 Å². The first-order valence-corrected chi connectivity index (χ1v) is 7.92. The van der Waals surface area contributed by atoms with Crippen LogP contribution in [0.15, 0.2) is 24.3 Å². The standard InChI is InChI=1S/C15H17N3O2S/c1-2-5-11-15(20)16-8-14(19)18(11)9-13-17-10-6-3-4-7-12(10)21-13/h3-4,6-7,11H,2,5,8-9H2,1H3,(H,16,20). The van der Waals surface area contributed by atoms with Crippen molar-refractivity contribution in [3.63, 3.8) is 0 Å². The lowest BCUT2D eigenvalue weighted by molar-refractivity contribution is -0.146. The minimum absolute atomic E-state index is 0.0349. The van der Waals surface area contributed by atoms with E-state index in [4.69, 9.17) is 0 Å². The largest absolute Gasteiger partial charge is 0.345 e. The van der Waals surface area contributed by atoms with Crippen molar-refractivity contribution in [3.05, 3.63) is 29.3 Å². The minimum Gasteiger partial charge on any atom is -0.345 e. The number of aromatic nitrogens is 1. The number of benzene rings is 1. The molecule has 1 saturated heterocycles. The topological polar surface area (TPSA) is 62.3 Å². The Morgan fingerprint density at radius 2 is 2.19 bits per heavy atom. The highest BCUT2D eigenvalue weighted by molar-refractivity contribution is 7.18. The fraction of sp³-hybridized carbons (Fsp3) is 0.400. The molecule has 0 saturated carbocycles. The molecule has 0 bridgehead atoms. The molecule has 2 aromatic rings. The summed E-state index contributed by atoms with van der Waals surface area (Å²) in [6.45, 7) is 2.52. The number of thiazole rings is 1. The number of piperazine rings is 1. The third-order valence-electron chi connectivity index (χ3n) is 3.62. The zero-order valence-electron chi connectivity index (χ0n) is 11.8. The van der Waals surface area contributed by atoms with Gasteiger partial charge in [-0.2, -0.15) is 0 Å². The van der Waals surface area contributed by atoms with Gasteiger partial charge in [0.15, 0.2) is 0 Å². The maximum atomic E-state index is 12.1. The van der Waals surface area contributed by atoms with Gasteiger partial charge in [-0.3, -0.25) is 9.59 Å². The Morgan fingerprint density at radius 1 is 1.38 bits per heavy atom. The van der Waals surface area contributed by atoms with Crippen molar-refractivity contribution in [2.75, 3.05) is 6.54 Å². The fourth-order valence-electron chi connectivity index (χ4n) is 2.59. The first kappa shape index (κ1) is 14.0. The summed E-state index contributed by atoms with van der Waals surface area (Å²) in [6.07, 6.45) is 1.55. The number of nitrogens with zero attached hydrogens (tertiary/aromatic N) is 2. The van der Waals surface area contributed by atoms with Gasteiger partial charge in [0, 0.05) is 0 Å². The van der Waals surface area contributed by atoms with Gasteiger partial charge in [-0.15, -0.1) is 11.3 Å². The van der Waals surface area contributed by atoms with E-state index in [1.165, 1.54) is 0 Å². The number of carbonyl (C=O) groups excluding carboxylic acids is 2. The van der Waals surface area contributed by atoms with Crippen molar-refractivity contribution in [1.82, 2.24) is 15.2 Å².